The van der Waals surface area contributed by atoms with Crippen molar-refractivity contribution in [1.29, 1.82) is 0 Å². The number of likely N-dealkylation sites (N-methyl/N-ethyl adjacent to an activating group) is 1. The number of nitrogens with one attached hydrogen (secondary N) is 2. The van der Waals surface area contributed by atoms with Crippen LogP contribution in [-0.2, 0) is 20.8 Å². The second-order valence-corrected chi connectivity index (χ2v) is 10.7. The fraction of sp³-hybridized carbons (Fsp3) is 0.607. The first-order valence-corrected chi connectivity index (χ1v) is 13.9. The first-order valence-electron chi connectivity index (χ1n) is 13.9. The molecule has 1 aromatic rings. The van der Waals surface area contributed by atoms with Gasteiger partial charge in [0.2, 0.25) is 11.8 Å². The van der Waals surface area contributed by atoms with E-state index in [2.05, 4.69) is 10.6 Å². The molecule has 2 aliphatic rings. The molecule has 0 bridgehead atoms. The number of amides is 3. The second-order valence-electron chi connectivity index (χ2n) is 10.7. The molecular formula is C28H44FN7O3. The van der Waals surface area contributed by atoms with E-state index in [0.717, 1.165) is 50.5 Å². The zero-order valence-corrected chi connectivity index (χ0v) is 23.2. The van der Waals surface area contributed by atoms with Gasteiger partial charge in [-0.3, -0.25) is 14.4 Å². The summed E-state index contributed by atoms with van der Waals surface area (Å²) in [6, 6.07) is 5.39. The van der Waals surface area contributed by atoms with Crippen LogP contribution >= 0.6 is 0 Å². The van der Waals surface area contributed by atoms with Crippen LogP contribution in [-0.4, -0.2) is 84.9 Å². The molecule has 6 N–H and O–H groups in total. The molecule has 1 saturated heterocycles. The van der Waals surface area contributed by atoms with Crippen molar-refractivity contribution in [2.24, 2.45) is 17.5 Å². The van der Waals surface area contributed by atoms with Crippen LogP contribution < -0.4 is 22.2 Å². The molecule has 216 valence electrons. The maximum absolute atomic E-state index is 13.9. The minimum Gasteiger partial charge on any atom is -0.393 e. The molecule has 1 aliphatic carbocycles. The fourth-order valence-electron chi connectivity index (χ4n) is 5.63. The van der Waals surface area contributed by atoms with Gasteiger partial charge in [0, 0.05) is 38.9 Å². The normalized spacial score (nSPS) is 19.0. The van der Waals surface area contributed by atoms with Gasteiger partial charge < -0.3 is 31.2 Å². The standard InChI is InChI=1S/C28H44FN7O3/c1-32-17-25(37)33-26(21-7-4-3-5-8-21)28(39)36-15-6-9-23(36)18-35(27(38)24(30)19-34(2)31)16-14-20-10-12-22(29)13-11-20/h10-13,19,21,23,26,32H,3-9,14-18,30-31H2,1-2H3,(H,33,37)/b24-19-. The summed E-state index contributed by atoms with van der Waals surface area (Å²) in [4.78, 5) is 43.3. The summed E-state index contributed by atoms with van der Waals surface area (Å²) in [5.41, 5.74) is 6.95. The van der Waals surface area contributed by atoms with E-state index in [-0.39, 0.29) is 47.7 Å². The van der Waals surface area contributed by atoms with E-state index >= 15 is 0 Å². The van der Waals surface area contributed by atoms with E-state index < -0.39 is 6.04 Å². The van der Waals surface area contributed by atoms with Crippen molar-refractivity contribution in [2.45, 2.75) is 63.5 Å². The topological polar surface area (TPSA) is 137 Å². The van der Waals surface area contributed by atoms with Gasteiger partial charge in [0.05, 0.1) is 6.54 Å². The molecule has 10 nitrogen and oxygen atoms in total. The Labute approximate surface area is 230 Å². The van der Waals surface area contributed by atoms with Crippen LogP contribution in [0.5, 0.6) is 0 Å². The summed E-state index contributed by atoms with van der Waals surface area (Å²) >= 11 is 0. The van der Waals surface area contributed by atoms with Crippen molar-refractivity contribution in [3.05, 3.63) is 47.5 Å². The molecule has 11 heteroatoms. The summed E-state index contributed by atoms with van der Waals surface area (Å²) in [5, 5.41) is 7.08. The number of likely N-dealkylation sites (tertiary alicyclic amines) is 1. The van der Waals surface area contributed by atoms with Gasteiger partial charge in [0.25, 0.3) is 5.91 Å². The number of carbonyl (C=O) groups is 3. The minimum absolute atomic E-state index is 0.00519. The van der Waals surface area contributed by atoms with E-state index in [9.17, 15) is 18.8 Å². The van der Waals surface area contributed by atoms with Crippen molar-refractivity contribution >= 4 is 17.7 Å². The highest BCUT2D eigenvalue weighted by Crippen LogP contribution is 2.29. The maximum Gasteiger partial charge on any atom is 0.271 e. The molecule has 0 radical (unpaired) electrons. The summed E-state index contributed by atoms with van der Waals surface area (Å²) in [6.07, 6.45) is 8.48. The first-order chi connectivity index (χ1) is 18.7. The largest absolute Gasteiger partial charge is 0.393 e. The van der Waals surface area contributed by atoms with Gasteiger partial charge in [-0.2, -0.15) is 0 Å². The Morgan fingerprint density at radius 3 is 2.46 bits per heavy atom. The molecule has 3 rings (SSSR count). The number of nitrogens with zero attached hydrogens (tertiary/aromatic N) is 3. The van der Waals surface area contributed by atoms with E-state index in [1.165, 1.54) is 23.3 Å². The first kappa shape index (κ1) is 30.4. The van der Waals surface area contributed by atoms with Crippen LogP contribution in [0.2, 0.25) is 0 Å². The predicted octanol–water partition coefficient (Wildman–Crippen LogP) is 1.08. The van der Waals surface area contributed by atoms with Gasteiger partial charge in [0.15, 0.2) is 0 Å². The number of nitrogens with two attached hydrogens (primary N) is 2. The molecule has 2 unspecified atom stereocenters. The number of rotatable bonds is 12. The number of hydrogen-bond donors (Lipinski definition) is 4. The van der Waals surface area contributed by atoms with E-state index in [4.69, 9.17) is 11.6 Å². The molecule has 1 aromatic carbocycles. The third kappa shape index (κ3) is 8.93. The van der Waals surface area contributed by atoms with Crippen LogP contribution in [0, 0.1) is 11.7 Å². The highest BCUT2D eigenvalue weighted by Gasteiger charge is 2.39. The lowest BCUT2D eigenvalue weighted by atomic mass is 9.83. The molecular weight excluding hydrogens is 501 g/mol. The Morgan fingerprint density at radius 2 is 1.82 bits per heavy atom. The highest BCUT2D eigenvalue weighted by molar-refractivity contribution is 5.92. The monoisotopic (exact) mass is 545 g/mol. The third-order valence-electron chi connectivity index (χ3n) is 7.59. The van der Waals surface area contributed by atoms with Gasteiger partial charge in [-0.15, -0.1) is 0 Å². The minimum atomic E-state index is -0.578. The number of benzene rings is 1. The number of carbonyl (C=O) groups excluding carboxylic acids is 3. The Bertz CT molecular complexity index is 995. The van der Waals surface area contributed by atoms with E-state index in [1.807, 2.05) is 4.90 Å². The zero-order chi connectivity index (χ0) is 28.4. The van der Waals surface area contributed by atoms with Crippen LogP contribution in [0.25, 0.3) is 0 Å². The lowest BCUT2D eigenvalue weighted by Gasteiger charge is -2.36. The van der Waals surface area contributed by atoms with Crippen LogP contribution in [0.1, 0.15) is 50.5 Å². The van der Waals surface area contributed by atoms with E-state index in [1.54, 1.807) is 31.1 Å². The Balaban J connectivity index is 1.78. The SMILES string of the molecule is CNCC(=O)NC(C(=O)N1CCCC1CN(CCc1ccc(F)cc1)C(=O)/C(N)=C/N(C)N)C1CCCCC1. The van der Waals surface area contributed by atoms with Gasteiger partial charge in [-0.1, -0.05) is 31.4 Å². The molecule has 1 saturated carbocycles. The summed E-state index contributed by atoms with van der Waals surface area (Å²) in [5.74, 6) is 4.81. The highest BCUT2D eigenvalue weighted by atomic mass is 19.1. The zero-order valence-electron chi connectivity index (χ0n) is 23.2. The molecule has 1 heterocycles. The summed E-state index contributed by atoms with van der Waals surface area (Å²) < 4.78 is 13.4. The number of hydrazine groups is 1. The second kappa shape index (κ2) is 14.8. The maximum atomic E-state index is 13.9. The third-order valence-corrected chi connectivity index (χ3v) is 7.59. The van der Waals surface area contributed by atoms with Crippen molar-refractivity contribution in [3.8, 4) is 0 Å². The molecule has 2 fully saturated rings. The number of halogens is 1. The summed E-state index contributed by atoms with van der Waals surface area (Å²) in [6.45, 7) is 1.37. The Morgan fingerprint density at radius 1 is 1.13 bits per heavy atom. The molecule has 1 aliphatic heterocycles. The summed E-state index contributed by atoms with van der Waals surface area (Å²) in [7, 11) is 3.28. The predicted molar refractivity (Wildman–Crippen MR) is 148 cm³/mol. The van der Waals surface area contributed by atoms with Gasteiger partial charge in [-0.25, -0.2) is 10.2 Å². The molecule has 39 heavy (non-hydrogen) atoms. The number of hydrogen-bond acceptors (Lipinski definition) is 7. The van der Waals surface area contributed by atoms with Crippen molar-refractivity contribution in [1.82, 2.24) is 25.4 Å². The molecule has 0 aromatic heterocycles. The van der Waals surface area contributed by atoms with Gasteiger partial charge in [-0.05, 0) is 62.8 Å². The van der Waals surface area contributed by atoms with Gasteiger partial charge >= 0.3 is 0 Å². The van der Waals surface area contributed by atoms with Crippen LogP contribution in [0.4, 0.5) is 4.39 Å². The molecule has 0 spiro atoms. The average Bonchev–Trinajstić information content (AvgIpc) is 3.38. The molecule has 3 amide bonds. The van der Waals surface area contributed by atoms with Gasteiger partial charge in [0.1, 0.15) is 17.6 Å². The average molecular weight is 546 g/mol. The van der Waals surface area contributed by atoms with Crippen molar-refractivity contribution in [3.63, 3.8) is 0 Å². The van der Waals surface area contributed by atoms with Crippen LogP contribution in [0.15, 0.2) is 36.2 Å². The smallest absolute Gasteiger partial charge is 0.271 e. The van der Waals surface area contributed by atoms with Crippen molar-refractivity contribution in [2.75, 3.05) is 40.3 Å². The quantitative estimate of drug-likeness (QED) is 0.175. The van der Waals surface area contributed by atoms with Crippen molar-refractivity contribution < 1.29 is 18.8 Å². The lowest BCUT2D eigenvalue weighted by molar-refractivity contribution is -0.140. The molecule has 2 atom stereocenters. The lowest BCUT2D eigenvalue weighted by Crippen LogP contribution is -2.56. The van der Waals surface area contributed by atoms with E-state index in [0.29, 0.717) is 26.1 Å². The van der Waals surface area contributed by atoms with Crippen LogP contribution in [0.3, 0.4) is 0 Å². The fourth-order valence-corrected chi connectivity index (χ4v) is 5.63. The Kier molecular flexibility index (Phi) is 11.5. The Hall–Kier alpha value is -3.18.